The van der Waals surface area contributed by atoms with Crippen LogP contribution >= 0.6 is 0 Å². The van der Waals surface area contributed by atoms with Crippen LogP contribution in [0, 0.1) is 11.3 Å². The van der Waals surface area contributed by atoms with Crippen molar-refractivity contribution in [2.45, 2.75) is 53.4 Å². The normalized spacial score (nSPS) is 20.9. The van der Waals surface area contributed by atoms with Crippen LogP contribution in [-0.2, 0) is 15.0 Å². The molecule has 0 aromatic heterocycles. The average Bonchev–Trinajstić information content (AvgIpc) is 2.44. The van der Waals surface area contributed by atoms with Gasteiger partial charge in [-0.15, -0.1) is 0 Å². The Morgan fingerprint density at radius 1 is 1.12 bits per heavy atom. The van der Waals surface area contributed by atoms with Crippen LogP contribution in [0.5, 0.6) is 0 Å². The van der Waals surface area contributed by atoms with E-state index in [2.05, 4.69) is 37.4 Å². The molecule has 0 atom stereocenters. The zero-order valence-electron chi connectivity index (χ0n) is 16.0. The lowest BCUT2D eigenvalue weighted by atomic mass is 9.83. The van der Waals surface area contributed by atoms with Crippen LogP contribution < -0.4 is 4.72 Å². The Bertz CT molecular complexity index is 488. The number of hydrogen-bond donors (Lipinski definition) is 1. The molecule has 2 rings (SSSR count). The van der Waals surface area contributed by atoms with E-state index >= 15 is 0 Å². The van der Waals surface area contributed by atoms with E-state index in [0.717, 1.165) is 38.8 Å². The van der Waals surface area contributed by atoms with Gasteiger partial charge in [-0.05, 0) is 25.3 Å². The Balaban J connectivity index is 0.000000240. The molecule has 0 unspecified atom stereocenters. The third-order valence-electron chi connectivity index (χ3n) is 4.21. The van der Waals surface area contributed by atoms with Crippen molar-refractivity contribution in [3.05, 3.63) is 0 Å². The molecule has 0 radical (unpaired) electrons. The fourth-order valence-corrected chi connectivity index (χ4v) is 4.23. The monoisotopic (exact) mass is 361 g/mol. The molecular weight excluding hydrogens is 326 g/mol. The molecule has 142 valence electrons. The fraction of sp³-hybridized carbons (Fsp3) is 0.941. The van der Waals surface area contributed by atoms with Crippen molar-refractivity contribution in [2.75, 3.05) is 39.8 Å². The van der Waals surface area contributed by atoms with Crippen molar-refractivity contribution >= 4 is 16.0 Å². The van der Waals surface area contributed by atoms with Gasteiger partial charge in [0.05, 0.1) is 0 Å². The lowest BCUT2D eigenvalue weighted by molar-refractivity contribution is -0.129. The molecule has 0 amide bonds. The Hall–Kier alpha value is -0.500. The summed E-state index contributed by atoms with van der Waals surface area (Å²) in [5.74, 6) is 0.773. The number of rotatable bonds is 5. The molecule has 2 aliphatic rings. The van der Waals surface area contributed by atoms with Gasteiger partial charge >= 0.3 is 0 Å². The van der Waals surface area contributed by atoms with Gasteiger partial charge in [0, 0.05) is 45.1 Å². The molecule has 0 aromatic rings. The topological polar surface area (TPSA) is 69.7 Å². The van der Waals surface area contributed by atoms with Gasteiger partial charge < -0.3 is 4.90 Å². The first-order valence-corrected chi connectivity index (χ1v) is 10.4. The smallest absolute Gasteiger partial charge is 0.279 e. The maximum atomic E-state index is 11.6. The highest BCUT2D eigenvalue weighted by Crippen LogP contribution is 2.24. The molecule has 2 fully saturated rings. The second kappa shape index (κ2) is 9.27. The summed E-state index contributed by atoms with van der Waals surface area (Å²) >= 11 is 0. The number of carbonyl (C=O) groups excluding carboxylic acids is 1. The molecule has 0 aliphatic carbocycles. The first kappa shape index (κ1) is 21.5. The van der Waals surface area contributed by atoms with Crippen LogP contribution in [0.1, 0.15) is 53.4 Å². The minimum absolute atomic E-state index is 0.158. The van der Waals surface area contributed by atoms with Crippen molar-refractivity contribution in [3.8, 4) is 0 Å². The maximum Gasteiger partial charge on any atom is 0.279 e. The van der Waals surface area contributed by atoms with E-state index in [-0.39, 0.29) is 5.41 Å². The molecule has 0 bridgehead atoms. The van der Waals surface area contributed by atoms with Crippen LogP contribution in [0.15, 0.2) is 0 Å². The summed E-state index contributed by atoms with van der Waals surface area (Å²) in [5.41, 5.74) is 0.158. The Labute approximate surface area is 148 Å². The summed E-state index contributed by atoms with van der Waals surface area (Å²) in [6.45, 7) is 11.9. The van der Waals surface area contributed by atoms with E-state index in [1.54, 1.807) is 6.92 Å². The summed E-state index contributed by atoms with van der Waals surface area (Å²) < 4.78 is 26.8. The van der Waals surface area contributed by atoms with Gasteiger partial charge in [-0.1, -0.05) is 34.1 Å². The lowest BCUT2D eigenvalue weighted by Gasteiger charge is -2.36. The van der Waals surface area contributed by atoms with Crippen LogP contribution in [0.4, 0.5) is 0 Å². The summed E-state index contributed by atoms with van der Waals surface area (Å²) in [6, 6.07) is 0. The van der Waals surface area contributed by atoms with Crippen molar-refractivity contribution in [1.29, 1.82) is 0 Å². The van der Waals surface area contributed by atoms with Gasteiger partial charge in [-0.25, -0.2) is 4.72 Å². The largest absolute Gasteiger partial charge is 0.305 e. The number of likely N-dealkylation sites (tertiary alicyclic amines) is 1. The lowest BCUT2D eigenvalue weighted by Crippen LogP contribution is -2.48. The summed E-state index contributed by atoms with van der Waals surface area (Å²) in [6.07, 6.45) is 3.86. The standard InChI is InChI=1S/C10H19NO.C7H16N2O2S/c1-10(2,3)5-9(12)8-6-11(4)7-8;1-2-8-12(10,11)9-6-4-3-5-7-9/h8H,5-7H2,1-4H3;8H,2-7H2,1H3. The molecule has 2 aliphatic heterocycles. The van der Waals surface area contributed by atoms with Crippen LogP contribution in [-0.4, -0.2) is 63.2 Å². The number of nitrogens with one attached hydrogen (secondary N) is 1. The van der Waals surface area contributed by atoms with Gasteiger partial charge in [0.15, 0.2) is 0 Å². The van der Waals surface area contributed by atoms with Crippen molar-refractivity contribution in [3.63, 3.8) is 0 Å². The summed E-state index contributed by atoms with van der Waals surface area (Å²) in [4.78, 5) is 13.7. The second-order valence-corrected chi connectivity index (χ2v) is 9.84. The fourth-order valence-electron chi connectivity index (χ4n) is 2.95. The first-order valence-electron chi connectivity index (χ1n) is 9.01. The molecule has 0 saturated carbocycles. The van der Waals surface area contributed by atoms with Gasteiger partial charge in [0.25, 0.3) is 10.2 Å². The maximum absolute atomic E-state index is 11.6. The number of nitrogens with zero attached hydrogens (tertiary/aromatic N) is 2. The number of Topliss-reactive ketones (excluding diaryl/α,β-unsaturated/α-hetero) is 1. The Morgan fingerprint density at radius 2 is 1.67 bits per heavy atom. The third-order valence-corrected chi connectivity index (χ3v) is 5.90. The molecule has 0 aromatic carbocycles. The van der Waals surface area contributed by atoms with Crippen LogP contribution in [0.2, 0.25) is 0 Å². The highest BCUT2D eigenvalue weighted by atomic mass is 32.2. The summed E-state index contributed by atoms with van der Waals surface area (Å²) in [5, 5.41) is 0. The van der Waals surface area contributed by atoms with Crippen molar-refractivity contribution < 1.29 is 13.2 Å². The molecule has 1 N–H and O–H groups in total. The highest BCUT2D eigenvalue weighted by molar-refractivity contribution is 7.87. The van der Waals surface area contributed by atoms with E-state index < -0.39 is 10.2 Å². The molecule has 2 saturated heterocycles. The van der Waals surface area contributed by atoms with Crippen LogP contribution in [0.3, 0.4) is 0 Å². The van der Waals surface area contributed by atoms with E-state index in [9.17, 15) is 13.2 Å². The third kappa shape index (κ3) is 7.59. The highest BCUT2D eigenvalue weighted by Gasteiger charge is 2.31. The molecular formula is C17H35N3O3S. The van der Waals surface area contributed by atoms with E-state index in [1.165, 1.54) is 4.31 Å². The molecule has 7 heteroatoms. The predicted molar refractivity (Wildman–Crippen MR) is 98.1 cm³/mol. The van der Waals surface area contributed by atoms with Crippen molar-refractivity contribution in [1.82, 2.24) is 13.9 Å². The average molecular weight is 362 g/mol. The number of piperidine rings is 1. The Morgan fingerprint density at radius 3 is 2.08 bits per heavy atom. The van der Waals surface area contributed by atoms with E-state index in [0.29, 0.717) is 31.3 Å². The minimum Gasteiger partial charge on any atom is -0.305 e. The predicted octanol–water partition coefficient (Wildman–Crippen LogP) is 1.88. The van der Waals surface area contributed by atoms with Crippen LogP contribution in [0.25, 0.3) is 0 Å². The number of ketones is 1. The van der Waals surface area contributed by atoms with E-state index in [4.69, 9.17) is 0 Å². The zero-order chi connectivity index (χ0) is 18.4. The second-order valence-electron chi connectivity index (χ2n) is 8.08. The van der Waals surface area contributed by atoms with Gasteiger partial charge in [-0.2, -0.15) is 12.7 Å². The quantitative estimate of drug-likeness (QED) is 0.812. The SMILES string of the molecule is CCNS(=O)(=O)N1CCCCC1.CN1CC(C(=O)CC(C)(C)C)C1. The molecule has 6 nitrogen and oxygen atoms in total. The van der Waals surface area contributed by atoms with Gasteiger partial charge in [0.1, 0.15) is 5.78 Å². The minimum atomic E-state index is -3.15. The number of hydrogen-bond acceptors (Lipinski definition) is 4. The van der Waals surface area contributed by atoms with E-state index in [1.807, 2.05) is 0 Å². The van der Waals surface area contributed by atoms with Gasteiger partial charge in [0.2, 0.25) is 0 Å². The molecule has 0 spiro atoms. The number of carbonyl (C=O) groups is 1. The Kier molecular flexibility index (Phi) is 8.32. The summed E-state index contributed by atoms with van der Waals surface area (Å²) in [7, 11) is -1.09. The molecule has 24 heavy (non-hydrogen) atoms. The first-order chi connectivity index (χ1) is 11.0. The zero-order valence-corrected chi connectivity index (χ0v) is 16.8. The molecule has 2 heterocycles. The van der Waals surface area contributed by atoms with Crippen molar-refractivity contribution in [2.24, 2.45) is 11.3 Å². The van der Waals surface area contributed by atoms with Gasteiger partial charge in [-0.3, -0.25) is 4.79 Å².